The Bertz CT molecular complexity index is 683. The van der Waals surface area contributed by atoms with Crippen LogP contribution in [0.2, 0.25) is 0 Å². The molecule has 1 aromatic rings. The predicted octanol–water partition coefficient (Wildman–Crippen LogP) is 3.14. The fourth-order valence-electron chi connectivity index (χ4n) is 3.38. The van der Waals surface area contributed by atoms with Gasteiger partial charge in [0.05, 0.1) is 5.75 Å². The molecule has 0 spiro atoms. The lowest BCUT2D eigenvalue weighted by Gasteiger charge is -2.26. The summed E-state index contributed by atoms with van der Waals surface area (Å²) in [4.78, 5) is 37.6. The van der Waals surface area contributed by atoms with Crippen molar-refractivity contribution >= 4 is 29.7 Å². The summed E-state index contributed by atoms with van der Waals surface area (Å²) in [6.45, 7) is 4.79. The highest BCUT2D eigenvalue weighted by molar-refractivity contribution is 7.99. The van der Waals surface area contributed by atoms with Gasteiger partial charge in [0.25, 0.3) is 0 Å². The van der Waals surface area contributed by atoms with Gasteiger partial charge in [-0.05, 0) is 30.7 Å². The van der Waals surface area contributed by atoms with Crippen LogP contribution in [0.1, 0.15) is 38.7 Å². The molecule has 7 nitrogen and oxygen atoms in total. The second-order valence-corrected chi connectivity index (χ2v) is 8.67. The minimum atomic E-state index is -0.868. The zero-order chi connectivity index (χ0) is 21.2. The number of hydrogen-bond acceptors (Lipinski definition) is 5. The van der Waals surface area contributed by atoms with Gasteiger partial charge in [0, 0.05) is 18.3 Å². The molecule has 0 radical (unpaired) electrons. The van der Waals surface area contributed by atoms with Gasteiger partial charge in [-0.1, -0.05) is 44.2 Å². The van der Waals surface area contributed by atoms with Crippen molar-refractivity contribution in [2.45, 2.75) is 51.8 Å². The lowest BCUT2D eigenvalue weighted by Crippen LogP contribution is -2.49. The van der Waals surface area contributed by atoms with E-state index in [0.717, 1.165) is 18.4 Å². The quantitative estimate of drug-likeness (QED) is 0.601. The zero-order valence-corrected chi connectivity index (χ0v) is 17.8. The van der Waals surface area contributed by atoms with Crippen LogP contribution in [-0.4, -0.2) is 58.1 Å². The van der Waals surface area contributed by atoms with E-state index < -0.39 is 18.1 Å². The van der Waals surface area contributed by atoms with Gasteiger partial charge < -0.3 is 15.2 Å². The van der Waals surface area contributed by atoms with Crippen LogP contribution in [-0.2, 0) is 20.9 Å². The van der Waals surface area contributed by atoms with Crippen molar-refractivity contribution in [2.75, 3.05) is 18.1 Å². The molecule has 2 unspecified atom stereocenters. The summed E-state index contributed by atoms with van der Waals surface area (Å²) in [6, 6.07) is 8.75. The monoisotopic (exact) mass is 422 g/mol. The molecule has 1 fully saturated rings. The number of hydrogen-bond donors (Lipinski definition) is 2. The summed E-state index contributed by atoms with van der Waals surface area (Å²) in [5.41, 5.74) is 0.897. The summed E-state index contributed by atoms with van der Waals surface area (Å²) < 4.78 is 5.39. The van der Waals surface area contributed by atoms with Crippen molar-refractivity contribution in [2.24, 2.45) is 5.92 Å². The van der Waals surface area contributed by atoms with Gasteiger partial charge in [0.1, 0.15) is 12.6 Å². The fourth-order valence-corrected chi connectivity index (χ4v) is 4.18. The first-order chi connectivity index (χ1) is 13.9. The molecule has 1 heterocycles. The normalized spacial score (nSPS) is 17.2. The summed E-state index contributed by atoms with van der Waals surface area (Å²) in [6.07, 6.45) is 1.63. The van der Waals surface area contributed by atoms with E-state index in [9.17, 15) is 14.4 Å². The number of amides is 2. The van der Waals surface area contributed by atoms with E-state index in [4.69, 9.17) is 9.84 Å². The molecular weight excluding hydrogens is 392 g/mol. The average Bonchev–Trinajstić information content (AvgIpc) is 3.16. The zero-order valence-electron chi connectivity index (χ0n) is 17.0. The second-order valence-electron chi connectivity index (χ2n) is 7.64. The number of benzene rings is 1. The molecule has 2 atom stereocenters. The molecule has 2 amide bonds. The summed E-state index contributed by atoms with van der Waals surface area (Å²) in [5, 5.41) is 11.8. The third-order valence-corrected chi connectivity index (χ3v) is 5.73. The Morgan fingerprint density at radius 2 is 2.00 bits per heavy atom. The molecule has 0 aromatic heterocycles. The van der Waals surface area contributed by atoms with Gasteiger partial charge in [-0.15, -0.1) is 11.8 Å². The van der Waals surface area contributed by atoms with E-state index >= 15 is 0 Å². The van der Waals surface area contributed by atoms with E-state index in [2.05, 4.69) is 19.2 Å². The Morgan fingerprint density at radius 3 is 2.66 bits per heavy atom. The van der Waals surface area contributed by atoms with Crippen molar-refractivity contribution < 1.29 is 24.2 Å². The second kappa shape index (κ2) is 11.7. The maximum absolute atomic E-state index is 12.8. The number of aliphatic carboxylic acids is 1. The van der Waals surface area contributed by atoms with Gasteiger partial charge in [0.15, 0.2) is 0 Å². The number of rotatable bonds is 10. The first-order valence-corrected chi connectivity index (χ1v) is 11.1. The van der Waals surface area contributed by atoms with Gasteiger partial charge in [-0.2, -0.15) is 0 Å². The van der Waals surface area contributed by atoms with Crippen molar-refractivity contribution in [1.82, 2.24) is 10.2 Å². The van der Waals surface area contributed by atoms with Gasteiger partial charge >= 0.3 is 12.1 Å². The van der Waals surface area contributed by atoms with Gasteiger partial charge in [-0.25, -0.2) is 4.79 Å². The summed E-state index contributed by atoms with van der Waals surface area (Å²) in [5.74, 6) is -0.164. The minimum Gasteiger partial charge on any atom is -0.481 e. The van der Waals surface area contributed by atoms with E-state index in [1.54, 1.807) is 0 Å². The maximum atomic E-state index is 12.8. The van der Waals surface area contributed by atoms with Crippen LogP contribution in [0.25, 0.3) is 0 Å². The van der Waals surface area contributed by atoms with Crippen LogP contribution in [0.4, 0.5) is 4.79 Å². The SMILES string of the molecule is CC(C)CC(CSCC(=O)O)NC(=O)C1CCCN1C(=O)OCc1ccccc1. The molecule has 29 heavy (non-hydrogen) atoms. The van der Waals surface area contributed by atoms with E-state index in [1.165, 1.54) is 16.7 Å². The highest BCUT2D eigenvalue weighted by Gasteiger charge is 2.36. The lowest BCUT2D eigenvalue weighted by molar-refractivity contribution is -0.134. The number of nitrogens with zero attached hydrogens (tertiary/aromatic N) is 1. The Balaban J connectivity index is 1.90. The number of carbonyl (C=O) groups excluding carboxylic acids is 2. The van der Waals surface area contributed by atoms with Crippen molar-refractivity contribution in [3.8, 4) is 0 Å². The molecule has 0 saturated carbocycles. The van der Waals surface area contributed by atoms with Gasteiger partial charge in [-0.3, -0.25) is 14.5 Å². The molecular formula is C21H30N2O5S. The van der Waals surface area contributed by atoms with Crippen LogP contribution in [0.15, 0.2) is 30.3 Å². The lowest BCUT2D eigenvalue weighted by atomic mass is 10.0. The van der Waals surface area contributed by atoms with Crippen molar-refractivity contribution in [3.05, 3.63) is 35.9 Å². The largest absolute Gasteiger partial charge is 0.481 e. The molecule has 2 rings (SSSR count). The molecule has 1 aliphatic heterocycles. The number of carbonyl (C=O) groups is 3. The Hall–Kier alpha value is -2.22. The molecule has 0 bridgehead atoms. The summed E-state index contributed by atoms with van der Waals surface area (Å²) >= 11 is 1.29. The number of carboxylic acid groups (broad SMARTS) is 1. The summed E-state index contributed by atoms with van der Waals surface area (Å²) in [7, 11) is 0. The van der Waals surface area contributed by atoms with Crippen LogP contribution in [0.3, 0.4) is 0 Å². The third-order valence-electron chi connectivity index (χ3n) is 4.64. The molecule has 1 aliphatic rings. The number of thioether (sulfide) groups is 1. The molecule has 1 aromatic carbocycles. The van der Waals surface area contributed by atoms with Crippen LogP contribution < -0.4 is 5.32 Å². The van der Waals surface area contributed by atoms with Crippen LogP contribution in [0, 0.1) is 5.92 Å². The standard InChI is InChI=1S/C21H30N2O5S/c1-15(2)11-17(13-29-14-19(24)25)22-20(26)18-9-6-10-23(18)21(27)28-12-16-7-4-3-5-8-16/h3-5,7-8,15,17-18H,6,9-14H2,1-2H3,(H,22,26)(H,24,25). The molecule has 0 aliphatic carbocycles. The first-order valence-electron chi connectivity index (χ1n) is 9.94. The average molecular weight is 423 g/mol. The number of nitrogens with one attached hydrogen (secondary N) is 1. The highest BCUT2D eigenvalue weighted by atomic mass is 32.2. The molecule has 2 N–H and O–H groups in total. The molecule has 1 saturated heterocycles. The number of likely N-dealkylation sites (tertiary alicyclic amines) is 1. The number of ether oxygens (including phenoxy) is 1. The predicted molar refractivity (Wildman–Crippen MR) is 113 cm³/mol. The van der Waals surface area contributed by atoms with Gasteiger partial charge in [0.2, 0.25) is 5.91 Å². The van der Waals surface area contributed by atoms with E-state index in [1.807, 2.05) is 30.3 Å². The number of carboxylic acids is 1. The van der Waals surface area contributed by atoms with Crippen LogP contribution >= 0.6 is 11.8 Å². The smallest absolute Gasteiger partial charge is 0.410 e. The van der Waals surface area contributed by atoms with Crippen molar-refractivity contribution in [1.29, 1.82) is 0 Å². The molecule has 160 valence electrons. The Morgan fingerprint density at radius 1 is 1.28 bits per heavy atom. The van der Waals surface area contributed by atoms with Crippen LogP contribution in [0.5, 0.6) is 0 Å². The van der Waals surface area contributed by atoms with Crippen molar-refractivity contribution in [3.63, 3.8) is 0 Å². The fraction of sp³-hybridized carbons (Fsp3) is 0.571. The molecule has 8 heteroatoms. The van der Waals surface area contributed by atoms with E-state index in [0.29, 0.717) is 24.6 Å². The Kier molecular flexibility index (Phi) is 9.31. The van der Waals surface area contributed by atoms with E-state index in [-0.39, 0.29) is 24.3 Å². The highest BCUT2D eigenvalue weighted by Crippen LogP contribution is 2.20. The topological polar surface area (TPSA) is 95.9 Å². The third kappa shape index (κ3) is 7.97. The minimum absolute atomic E-state index is 0.00578. The Labute approximate surface area is 176 Å². The first kappa shape index (κ1) is 23.1. The maximum Gasteiger partial charge on any atom is 0.410 e.